The van der Waals surface area contributed by atoms with Crippen LogP contribution in [0, 0.1) is 0 Å². The highest BCUT2D eigenvalue weighted by Crippen LogP contribution is 2.24. The van der Waals surface area contributed by atoms with Crippen LogP contribution in [0.5, 0.6) is 0 Å². The summed E-state index contributed by atoms with van der Waals surface area (Å²) in [4.78, 5) is 1.23. The van der Waals surface area contributed by atoms with Gasteiger partial charge in [0.05, 0.1) is 0 Å². The quantitative estimate of drug-likeness (QED) is 0.791. The van der Waals surface area contributed by atoms with Gasteiger partial charge >= 0.3 is 0 Å². The molecule has 3 heteroatoms. The van der Waals surface area contributed by atoms with Crippen LogP contribution in [0.2, 0.25) is 0 Å². The first kappa shape index (κ1) is 10.7. The van der Waals surface area contributed by atoms with Gasteiger partial charge in [-0.25, -0.2) is 0 Å². The van der Waals surface area contributed by atoms with E-state index in [1.54, 1.807) is 11.3 Å². The first-order valence-electron chi connectivity index (χ1n) is 4.66. The largest absolute Gasteiger partial charge is 0.371 e. The number of thiophene rings is 1. The second-order valence-electron chi connectivity index (χ2n) is 3.17. The molecule has 2 unspecified atom stereocenters. The average Bonchev–Trinajstić information content (AvgIpc) is 2.57. The Morgan fingerprint density at radius 1 is 1.62 bits per heavy atom. The monoisotopic (exact) mass is 199 g/mol. The van der Waals surface area contributed by atoms with E-state index in [4.69, 9.17) is 10.5 Å². The highest BCUT2D eigenvalue weighted by molar-refractivity contribution is 7.10. The van der Waals surface area contributed by atoms with Gasteiger partial charge in [-0.3, -0.25) is 0 Å². The van der Waals surface area contributed by atoms with Crippen molar-refractivity contribution in [1.82, 2.24) is 0 Å². The molecule has 2 nitrogen and oxygen atoms in total. The molecule has 13 heavy (non-hydrogen) atoms. The van der Waals surface area contributed by atoms with Crippen molar-refractivity contribution in [1.29, 1.82) is 0 Å². The molecule has 0 bridgehead atoms. The lowest BCUT2D eigenvalue weighted by Gasteiger charge is -2.19. The highest BCUT2D eigenvalue weighted by atomic mass is 32.1. The molecule has 74 valence electrons. The van der Waals surface area contributed by atoms with Crippen LogP contribution < -0.4 is 5.73 Å². The standard InChI is InChI=1S/C10H17NOS/c1-3-6-12-10(8(2)11)9-5-4-7-13-9/h4-5,7-8,10H,3,6,11H2,1-2H3. The van der Waals surface area contributed by atoms with E-state index in [-0.39, 0.29) is 12.1 Å². The summed E-state index contributed by atoms with van der Waals surface area (Å²) in [6.07, 6.45) is 1.11. The highest BCUT2D eigenvalue weighted by Gasteiger charge is 2.16. The van der Waals surface area contributed by atoms with Gasteiger partial charge in [0, 0.05) is 17.5 Å². The Morgan fingerprint density at radius 2 is 2.38 bits per heavy atom. The van der Waals surface area contributed by atoms with Gasteiger partial charge < -0.3 is 10.5 Å². The molecule has 1 rings (SSSR count). The second-order valence-corrected chi connectivity index (χ2v) is 4.15. The summed E-state index contributed by atoms with van der Waals surface area (Å²) in [7, 11) is 0. The fraction of sp³-hybridized carbons (Fsp3) is 0.600. The minimum absolute atomic E-state index is 0.0604. The summed E-state index contributed by atoms with van der Waals surface area (Å²) in [6, 6.07) is 4.17. The molecule has 1 heterocycles. The second kappa shape index (κ2) is 5.37. The van der Waals surface area contributed by atoms with E-state index >= 15 is 0 Å². The number of nitrogens with two attached hydrogens (primary N) is 1. The molecule has 1 aromatic heterocycles. The Balaban J connectivity index is 2.58. The normalized spacial score (nSPS) is 15.6. The zero-order chi connectivity index (χ0) is 9.68. The van der Waals surface area contributed by atoms with E-state index in [1.807, 2.05) is 13.0 Å². The predicted octanol–water partition coefficient (Wildman–Crippen LogP) is 2.56. The van der Waals surface area contributed by atoms with Crippen LogP contribution in [0.25, 0.3) is 0 Å². The van der Waals surface area contributed by atoms with Crippen LogP contribution in [0.3, 0.4) is 0 Å². The van der Waals surface area contributed by atoms with Crippen molar-refractivity contribution < 1.29 is 4.74 Å². The van der Waals surface area contributed by atoms with Crippen LogP contribution in [0.4, 0.5) is 0 Å². The van der Waals surface area contributed by atoms with E-state index in [0.29, 0.717) is 0 Å². The van der Waals surface area contributed by atoms with E-state index in [1.165, 1.54) is 4.88 Å². The summed E-state index contributed by atoms with van der Waals surface area (Å²) in [5, 5.41) is 2.06. The van der Waals surface area contributed by atoms with Crippen LogP contribution >= 0.6 is 11.3 Å². The molecule has 0 fully saturated rings. The van der Waals surface area contributed by atoms with E-state index < -0.39 is 0 Å². The molecule has 0 aliphatic rings. The molecule has 0 aliphatic heterocycles. The molecule has 0 amide bonds. The first-order chi connectivity index (χ1) is 6.25. The Labute approximate surface area is 83.7 Å². The number of hydrogen-bond donors (Lipinski definition) is 1. The third kappa shape index (κ3) is 3.10. The summed E-state index contributed by atoms with van der Waals surface area (Å²) < 4.78 is 5.68. The Hall–Kier alpha value is -0.380. The summed E-state index contributed by atoms with van der Waals surface area (Å²) >= 11 is 1.70. The lowest BCUT2D eigenvalue weighted by Crippen LogP contribution is -2.26. The van der Waals surface area contributed by atoms with Crippen molar-refractivity contribution in [2.24, 2.45) is 5.73 Å². The molecule has 2 atom stereocenters. The van der Waals surface area contributed by atoms with Crippen molar-refractivity contribution in [3.63, 3.8) is 0 Å². The lowest BCUT2D eigenvalue weighted by molar-refractivity contribution is 0.0412. The van der Waals surface area contributed by atoms with Gasteiger partial charge in [0.25, 0.3) is 0 Å². The maximum Gasteiger partial charge on any atom is 0.106 e. The Kier molecular flexibility index (Phi) is 4.42. The zero-order valence-corrected chi connectivity index (χ0v) is 9.01. The molecule has 1 aromatic rings. The number of hydrogen-bond acceptors (Lipinski definition) is 3. The van der Waals surface area contributed by atoms with Gasteiger partial charge in [-0.1, -0.05) is 13.0 Å². The SMILES string of the molecule is CCCOC(c1cccs1)C(C)N. The molecule has 0 aliphatic carbocycles. The van der Waals surface area contributed by atoms with E-state index in [9.17, 15) is 0 Å². The topological polar surface area (TPSA) is 35.2 Å². The molecule has 0 aromatic carbocycles. The molecule has 2 N–H and O–H groups in total. The first-order valence-corrected chi connectivity index (χ1v) is 5.54. The summed E-state index contributed by atoms with van der Waals surface area (Å²) in [5.74, 6) is 0. The smallest absolute Gasteiger partial charge is 0.106 e. The van der Waals surface area contributed by atoms with Crippen LogP contribution in [0.1, 0.15) is 31.2 Å². The van der Waals surface area contributed by atoms with Gasteiger partial charge in [0.1, 0.15) is 6.10 Å². The fourth-order valence-electron chi connectivity index (χ4n) is 1.19. The zero-order valence-electron chi connectivity index (χ0n) is 8.19. The molecule has 0 saturated carbocycles. The molecule has 0 spiro atoms. The minimum atomic E-state index is 0.0604. The fourth-order valence-corrected chi connectivity index (χ4v) is 2.08. The van der Waals surface area contributed by atoms with Crippen molar-refractivity contribution in [2.75, 3.05) is 6.61 Å². The lowest BCUT2D eigenvalue weighted by atomic mass is 10.1. The van der Waals surface area contributed by atoms with Crippen molar-refractivity contribution in [2.45, 2.75) is 32.4 Å². The number of rotatable bonds is 5. The van der Waals surface area contributed by atoms with E-state index in [2.05, 4.69) is 18.4 Å². The maximum absolute atomic E-state index is 5.85. The molecular formula is C10H17NOS. The summed E-state index contributed by atoms with van der Waals surface area (Å²) in [6.45, 7) is 4.87. The van der Waals surface area contributed by atoms with Gasteiger partial charge in [0.15, 0.2) is 0 Å². The Morgan fingerprint density at radius 3 is 2.85 bits per heavy atom. The van der Waals surface area contributed by atoms with Crippen molar-refractivity contribution in [3.8, 4) is 0 Å². The van der Waals surface area contributed by atoms with Gasteiger partial charge in [-0.15, -0.1) is 11.3 Å². The van der Waals surface area contributed by atoms with Crippen molar-refractivity contribution in [3.05, 3.63) is 22.4 Å². The molecule has 0 radical (unpaired) electrons. The van der Waals surface area contributed by atoms with E-state index in [0.717, 1.165) is 13.0 Å². The van der Waals surface area contributed by atoms with Crippen LogP contribution in [-0.2, 0) is 4.74 Å². The molecule has 0 saturated heterocycles. The van der Waals surface area contributed by atoms with Crippen LogP contribution in [0.15, 0.2) is 17.5 Å². The predicted molar refractivity (Wildman–Crippen MR) is 57.0 cm³/mol. The van der Waals surface area contributed by atoms with Gasteiger partial charge in [-0.2, -0.15) is 0 Å². The van der Waals surface area contributed by atoms with Crippen LogP contribution in [-0.4, -0.2) is 12.6 Å². The minimum Gasteiger partial charge on any atom is -0.371 e. The Bertz CT molecular complexity index is 221. The third-order valence-corrected chi connectivity index (χ3v) is 2.74. The van der Waals surface area contributed by atoms with Gasteiger partial charge in [0.2, 0.25) is 0 Å². The van der Waals surface area contributed by atoms with Crippen molar-refractivity contribution >= 4 is 11.3 Å². The number of ether oxygens (including phenoxy) is 1. The summed E-state index contributed by atoms with van der Waals surface area (Å²) in [5.41, 5.74) is 5.85. The average molecular weight is 199 g/mol. The third-order valence-electron chi connectivity index (χ3n) is 1.80. The molecular weight excluding hydrogens is 182 g/mol. The van der Waals surface area contributed by atoms with Gasteiger partial charge in [-0.05, 0) is 24.8 Å². The maximum atomic E-state index is 5.85.